The first-order chi connectivity index (χ1) is 14.6. The van der Waals surface area contributed by atoms with Crippen molar-refractivity contribution in [3.63, 3.8) is 0 Å². The molecule has 0 aromatic heterocycles. The van der Waals surface area contributed by atoms with E-state index in [0.717, 1.165) is 31.4 Å². The van der Waals surface area contributed by atoms with Crippen molar-refractivity contribution in [1.82, 2.24) is 5.43 Å². The van der Waals surface area contributed by atoms with E-state index in [1.54, 1.807) is 0 Å². The Morgan fingerprint density at radius 1 is 1.03 bits per heavy atom. The molecule has 162 valence electrons. The quantitative estimate of drug-likeness (QED) is 0.521. The predicted molar refractivity (Wildman–Crippen MR) is 122 cm³/mol. The summed E-state index contributed by atoms with van der Waals surface area (Å²) < 4.78 is 0. The number of hydrogen-bond donors (Lipinski definition) is 3. The molecule has 2 atom stereocenters. The summed E-state index contributed by atoms with van der Waals surface area (Å²) in [6.07, 6.45) is 7.33. The largest absolute Gasteiger partial charge is 0.382 e. The van der Waals surface area contributed by atoms with Crippen molar-refractivity contribution in [2.24, 2.45) is 11.7 Å². The molecule has 1 amide bonds. The number of hydrazine groups is 1. The molecule has 1 fully saturated rings. The van der Waals surface area contributed by atoms with E-state index in [1.807, 2.05) is 53.5 Å². The van der Waals surface area contributed by atoms with Crippen LogP contribution in [0.1, 0.15) is 50.5 Å². The van der Waals surface area contributed by atoms with Gasteiger partial charge in [-0.1, -0.05) is 80.6 Å². The number of hydrogen-bond acceptors (Lipinski definition) is 4. The Kier molecular flexibility index (Phi) is 8.72. The Morgan fingerprint density at radius 3 is 2.33 bits per heavy atom. The van der Waals surface area contributed by atoms with Gasteiger partial charge in [0.1, 0.15) is 6.10 Å². The lowest BCUT2D eigenvalue weighted by molar-refractivity contribution is -0.130. The molecule has 3 rings (SSSR count). The molecular formula is C25H35N3O2. The first-order valence-corrected chi connectivity index (χ1v) is 11.2. The lowest BCUT2D eigenvalue weighted by Crippen LogP contribution is -2.53. The summed E-state index contributed by atoms with van der Waals surface area (Å²) in [5.74, 6) is 0.0918. The van der Waals surface area contributed by atoms with E-state index >= 15 is 0 Å². The minimum Gasteiger partial charge on any atom is -0.382 e. The highest BCUT2D eigenvalue weighted by molar-refractivity contribution is 5.82. The van der Waals surface area contributed by atoms with Crippen molar-refractivity contribution in [3.8, 4) is 0 Å². The van der Waals surface area contributed by atoms with Crippen LogP contribution in [0.2, 0.25) is 0 Å². The number of nitrogens with zero attached hydrogens (tertiary/aromatic N) is 1. The fourth-order valence-corrected chi connectivity index (χ4v) is 4.27. The number of nitrogens with one attached hydrogen (secondary N) is 1. The van der Waals surface area contributed by atoms with E-state index in [0.29, 0.717) is 18.9 Å². The van der Waals surface area contributed by atoms with E-state index in [4.69, 9.17) is 5.73 Å². The van der Waals surface area contributed by atoms with Gasteiger partial charge in [0.15, 0.2) is 0 Å². The van der Waals surface area contributed by atoms with Gasteiger partial charge in [0, 0.05) is 12.6 Å². The molecule has 2 unspecified atom stereocenters. The van der Waals surface area contributed by atoms with Crippen LogP contribution in [0.15, 0.2) is 60.7 Å². The molecule has 0 radical (unpaired) electrons. The van der Waals surface area contributed by atoms with Crippen molar-refractivity contribution >= 4 is 11.6 Å². The summed E-state index contributed by atoms with van der Waals surface area (Å²) in [7, 11) is 0. The van der Waals surface area contributed by atoms with Gasteiger partial charge in [0.25, 0.3) is 5.91 Å². The number of aliphatic hydroxyl groups excluding tert-OH is 1. The molecule has 4 N–H and O–H groups in total. The van der Waals surface area contributed by atoms with Gasteiger partial charge in [-0.05, 0) is 42.9 Å². The number of aliphatic hydroxyl groups is 1. The van der Waals surface area contributed by atoms with Crippen LogP contribution in [0.3, 0.4) is 0 Å². The van der Waals surface area contributed by atoms with Gasteiger partial charge in [0.05, 0.1) is 5.69 Å². The highest BCUT2D eigenvalue weighted by Crippen LogP contribution is 2.27. The SMILES string of the molecule is NC(CC1CCCCC1)C(O)C(=O)NN(CCCc1ccccc1)c1ccccc1. The number of anilines is 1. The Hall–Kier alpha value is -2.37. The summed E-state index contributed by atoms with van der Waals surface area (Å²) in [5, 5.41) is 12.4. The second-order valence-electron chi connectivity index (χ2n) is 8.40. The second kappa shape index (κ2) is 11.7. The van der Waals surface area contributed by atoms with E-state index in [2.05, 4.69) is 17.6 Å². The summed E-state index contributed by atoms with van der Waals surface area (Å²) in [5.41, 5.74) is 11.3. The van der Waals surface area contributed by atoms with Crippen molar-refractivity contribution in [2.45, 2.75) is 63.5 Å². The molecule has 2 aromatic carbocycles. The Labute approximate surface area is 180 Å². The highest BCUT2D eigenvalue weighted by Gasteiger charge is 2.27. The third-order valence-corrected chi connectivity index (χ3v) is 6.01. The van der Waals surface area contributed by atoms with E-state index in [-0.39, 0.29) is 0 Å². The number of carbonyl (C=O) groups excluding carboxylic acids is 1. The maximum absolute atomic E-state index is 12.8. The van der Waals surface area contributed by atoms with Crippen LogP contribution in [0, 0.1) is 5.92 Å². The van der Waals surface area contributed by atoms with Gasteiger partial charge in [-0.3, -0.25) is 15.2 Å². The third-order valence-electron chi connectivity index (χ3n) is 6.01. The maximum atomic E-state index is 12.8. The van der Waals surface area contributed by atoms with E-state index < -0.39 is 18.1 Å². The first-order valence-electron chi connectivity index (χ1n) is 11.2. The number of nitrogens with two attached hydrogens (primary N) is 1. The molecule has 0 heterocycles. The van der Waals surface area contributed by atoms with Gasteiger partial charge in [-0.25, -0.2) is 0 Å². The van der Waals surface area contributed by atoms with Gasteiger partial charge in [0.2, 0.25) is 0 Å². The van der Waals surface area contributed by atoms with Crippen molar-refractivity contribution in [1.29, 1.82) is 0 Å². The Morgan fingerprint density at radius 2 is 1.67 bits per heavy atom. The molecule has 1 saturated carbocycles. The zero-order chi connectivity index (χ0) is 21.2. The molecule has 1 aliphatic rings. The minimum absolute atomic E-state index is 0.429. The van der Waals surface area contributed by atoms with Gasteiger partial charge >= 0.3 is 0 Å². The van der Waals surface area contributed by atoms with Crippen LogP contribution in [-0.2, 0) is 11.2 Å². The van der Waals surface area contributed by atoms with E-state index in [9.17, 15) is 9.90 Å². The number of para-hydroxylation sites is 1. The first kappa shape index (κ1) is 22.3. The fourth-order valence-electron chi connectivity index (χ4n) is 4.27. The van der Waals surface area contributed by atoms with Crippen LogP contribution in [0.5, 0.6) is 0 Å². The molecule has 0 spiro atoms. The Balaban J connectivity index is 1.56. The Bertz CT molecular complexity index is 748. The van der Waals surface area contributed by atoms with Crippen LogP contribution in [0.25, 0.3) is 0 Å². The van der Waals surface area contributed by atoms with Crippen LogP contribution in [-0.4, -0.2) is 29.7 Å². The van der Waals surface area contributed by atoms with Crippen molar-refractivity contribution in [3.05, 3.63) is 66.2 Å². The van der Waals surface area contributed by atoms with Gasteiger partial charge in [-0.15, -0.1) is 0 Å². The number of aryl methyl sites for hydroxylation is 1. The summed E-state index contributed by atoms with van der Waals surface area (Å²) >= 11 is 0. The normalized spacial score (nSPS) is 16.6. The molecule has 0 aliphatic heterocycles. The zero-order valence-corrected chi connectivity index (χ0v) is 17.7. The average molecular weight is 410 g/mol. The number of carbonyl (C=O) groups is 1. The highest BCUT2D eigenvalue weighted by atomic mass is 16.3. The molecule has 0 bridgehead atoms. The molecule has 2 aromatic rings. The van der Waals surface area contributed by atoms with Crippen LogP contribution >= 0.6 is 0 Å². The van der Waals surface area contributed by atoms with Gasteiger partial charge < -0.3 is 10.8 Å². The molecule has 1 aliphatic carbocycles. The molecule has 5 nitrogen and oxygen atoms in total. The van der Waals surface area contributed by atoms with Gasteiger partial charge in [-0.2, -0.15) is 0 Å². The molecule has 5 heteroatoms. The van der Waals surface area contributed by atoms with E-state index in [1.165, 1.54) is 24.8 Å². The zero-order valence-electron chi connectivity index (χ0n) is 17.7. The average Bonchev–Trinajstić information content (AvgIpc) is 2.79. The number of benzene rings is 2. The maximum Gasteiger partial charge on any atom is 0.268 e. The second-order valence-corrected chi connectivity index (χ2v) is 8.40. The molecule has 30 heavy (non-hydrogen) atoms. The number of amides is 1. The predicted octanol–water partition coefficient (Wildman–Crippen LogP) is 3.82. The minimum atomic E-state index is -1.20. The monoisotopic (exact) mass is 409 g/mol. The number of rotatable bonds is 10. The smallest absolute Gasteiger partial charge is 0.268 e. The lowest BCUT2D eigenvalue weighted by Gasteiger charge is -2.30. The standard InChI is InChI=1S/C25H35N3O2/c26-23(19-21-13-6-2-7-14-21)24(29)25(30)27-28(22-16-8-3-9-17-22)18-10-15-20-11-4-1-5-12-20/h1,3-5,8-9,11-12,16-17,21,23-24,29H,2,6-7,10,13-15,18-19,26H2,(H,27,30). The fraction of sp³-hybridized carbons (Fsp3) is 0.480. The summed E-state index contributed by atoms with van der Waals surface area (Å²) in [6, 6.07) is 19.5. The topological polar surface area (TPSA) is 78.6 Å². The third kappa shape index (κ3) is 6.85. The molecular weight excluding hydrogens is 374 g/mol. The molecule has 0 saturated heterocycles. The lowest BCUT2D eigenvalue weighted by atomic mass is 9.84. The van der Waals surface area contributed by atoms with Crippen molar-refractivity contribution < 1.29 is 9.90 Å². The van der Waals surface area contributed by atoms with Crippen LogP contribution in [0.4, 0.5) is 5.69 Å². The summed E-state index contributed by atoms with van der Waals surface area (Å²) in [6.45, 7) is 0.648. The van der Waals surface area contributed by atoms with Crippen molar-refractivity contribution in [2.75, 3.05) is 11.6 Å². The summed E-state index contributed by atoms with van der Waals surface area (Å²) in [4.78, 5) is 12.8. The van der Waals surface area contributed by atoms with Crippen LogP contribution < -0.4 is 16.2 Å².